The van der Waals surface area contributed by atoms with Crippen LogP contribution in [0.1, 0.15) is 32.4 Å². The van der Waals surface area contributed by atoms with E-state index in [1.165, 1.54) is 0 Å². The molecule has 0 fully saturated rings. The Labute approximate surface area is 125 Å². The van der Waals surface area contributed by atoms with Crippen LogP contribution in [0.5, 0.6) is 0 Å². The van der Waals surface area contributed by atoms with E-state index in [2.05, 4.69) is 26.0 Å². The fourth-order valence-electron chi connectivity index (χ4n) is 1.50. The van der Waals surface area contributed by atoms with Gasteiger partial charge in [0.15, 0.2) is 6.04 Å². The van der Waals surface area contributed by atoms with Crippen LogP contribution in [0.15, 0.2) is 33.9 Å². The van der Waals surface area contributed by atoms with Gasteiger partial charge in [0, 0.05) is 9.38 Å². The Bertz CT molecular complexity index is 519. The number of hydrogen-bond acceptors (Lipinski definition) is 4. The Kier molecular flexibility index (Phi) is 5.56. The second-order valence-corrected chi connectivity index (χ2v) is 6.10. The molecule has 0 aromatic heterocycles. The molecule has 6 nitrogen and oxygen atoms in total. The molecule has 0 aliphatic carbocycles. The molecule has 0 aliphatic rings. The van der Waals surface area contributed by atoms with Gasteiger partial charge in [-0.2, -0.15) is 0 Å². The molecule has 2 atom stereocenters. The van der Waals surface area contributed by atoms with E-state index < -0.39 is 23.7 Å². The highest BCUT2D eigenvalue weighted by molar-refractivity contribution is 9.10. The molecule has 0 heterocycles. The van der Waals surface area contributed by atoms with Gasteiger partial charge in [-0.3, -0.25) is 4.79 Å². The fraction of sp³-hybridized carbons (Fsp3) is 0.462. The highest BCUT2D eigenvalue weighted by atomic mass is 79.9. The van der Waals surface area contributed by atoms with Crippen LogP contribution in [0.2, 0.25) is 0 Å². The van der Waals surface area contributed by atoms with Crippen LogP contribution in [0, 0.1) is 0 Å². The van der Waals surface area contributed by atoms with E-state index in [0.29, 0.717) is 5.56 Å². The lowest BCUT2D eigenvalue weighted by molar-refractivity contribution is -0.159. The van der Waals surface area contributed by atoms with Gasteiger partial charge in [0.25, 0.3) is 0 Å². The molecule has 0 saturated carbocycles. The van der Waals surface area contributed by atoms with E-state index in [4.69, 9.17) is 10.3 Å². The average molecular weight is 342 g/mol. The zero-order chi connectivity index (χ0) is 15.3. The zero-order valence-corrected chi connectivity index (χ0v) is 13.0. The quantitative estimate of drug-likeness (QED) is 0.392. The second kappa shape index (κ2) is 6.74. The van der Waals surface area contributed by atoms with Crippen molar-refractivity contribution in [3.63, 3.8) is 0 Å². The number of azide groups is 1. The van der Waals surface area contributed by atoms with Crippen molar-refractivity contribution in [3.8, 4) is 0 Å². The zero-order valence-electron chi connectivity index (χ0n) is 11.4. The molecule has 0 bridgehead atoms. The number of ether oxygens (including phenoxy) is 1. The van der Waals surface area contributed by atoms with Crippen LogP contribution in [0.4, 0.5) is 0 Å². The van der Waals surface area contributed by atoms with Crippen LogP contribution >= 0.6 is 15.9 Å². The summed E-state index contributed by atoms with van der Waals surface area (Å²) >= 11 is 3.28. The summed E-state index contributed by atoms with van der Waals surface area (Å²) in [7, 11) is 0. The molecule has 1 rings (SSSR count). The van der Waals surface area contributed by atoms with E-state index >= 15 is 0 Å². The molecule has 7 heteroatoms. The maximum atomic E-state index is 12.0. The van der Waals surface area contributed by atoms with Gasteiger partial charge in [-0.15, -0.1) is 0 Å². The van der Waals surface area contributed by atoms with Crippen LogP contribution < -0.4 is 0 Å². The standard InChI is InChI=1S/C13H16BrN3O3/c1-13(2,3)20-12(19)10(16-17-15)11(18)8-4-6-9(14)7-5-8/h4-7,10-11,18H,1-3H3/t10-,11+/m1/s1. The summed E-state index contributed by atoms with van der Waals surface area (Å²) in [6.07, 6.45) is -1.26. The first-order valence-electron chi connectivity index (χ1n) is 5.95. The Balaban J connectivity index is 2.98. The van der Waals surface area contributed by atoms with Crippen molar-refractivity contribution < 1.29 is 14.6 Å². The van der Waals surface area contributed by atoms with E-state index in [-0.39, 0.29) is 0 Å². The van der Waals surface area contributed by atoms with Crippen molar-refractivity contribution in [2.24, 2.45) is 5.11 Å². The summed E-state index contributed by atoms with van der Waals surface area (Å²) in [6.45, 7) is 5.10. The summed E-state index contributed by atoms with van der Waals surface area (Å²) in [6, 6.07) is 5.40. The fourth-order valence-corrected chi connectivity index (χ4v) is 1.76. The molecule has 0 unspecified atom stereocenters. The second-order valence-electron chi connectivity index (χ2n) is 5.18. The molecule has 0 saturated heterocycles. The maximum Gasteiger partial charge on any atom is 0.318 e. The van der Waals surface area contributed by atoms with Gasteiger partial charge in [0.1, 0.15) is 5.60 Å². The van der Waals surface area contributed by atoms with Gasteiger partial charge < -0.3 is 9.84 Å². The summed E-state index contributed by atoms with van der Waals surface area (Å²) in [4.78, 5) is 14.6. The Hall–Kier alpha value is -1.56. The first kappa shape index (κ1) is 16.5. The van der Waals surface area contributed by atoms with Crippen molar-refractivity contribution in [1.29, 1.82) is 0 Å². The van der Waals surface area contributed by atoms with Gasteiger partial charge in [-0.25, -0.2) is 0 Å². The number of rotatable bonds is 4. The summed E-state index contributed by atoms with van der Waals surface area (Å²) in [5, 5.41) is 13.5. The number of aliphatic hydroxyl groups excluding tert-OH is 1. The normalized spacial score (nSPS) is 14.1. The minimum absolute atomic E-state index is 0.469. The lowest BCUT2D eigenvalue weighted by Crippen LogP contribution is -2.34. The number of benzene rings is 1. The Morgan fingerprint density at radius 2 is 1.95 bits per heavy atom. The van der Waals surface area contributed by atoms with Crippen molar-refractivity contribution in [2.45, 2.75) is 38.5 Å². The molecule has 1 aromatic carbocycles. The van der Waals surface area contributed by atoms with E-state index in [0.717, 1.165) is 4.47 Å². The van der Waals surface area contributed by atoms with Gasteiger partial charge in [-0.05, 0) is 44.0 Å². The highest BCUT2D eigenvalue weighted by Gasteiger charge is 2.31. The van der Waals surface area contributed by atoms with Crippen molar-refractivity contribution >= 4 is 21.9 Å². The minimum atomic E-state index is -1.32. The monoisotopic (exact) mass is 341 g/mol. The van der Waals surface area contributed by atoms with Crippen LogP contribution in [0.3, 0.4) is 0 Å². The molecule has 0 spiro atoms. The molecule has 1 aromatic rings. The van der Waals surface area contributed by atoms with Gasteiger partial charge in [-0.1, -0.05) is 33.2 Å². The van der Waals surface area contributed by atoms with Gasteiger partial charge in [0.2, 0.25) is 0 Å². The number of carbonyl (C=O) groups is 1. The minimum Gasteiger partial charge on any atom is -0.460 e. The number of aliphatic hydroxyl groups is 1. The third kappa shape index (κ3) is 4.85. The topological polar surface area (TPSA) is 95.3 Å². The Morgan fingerprint density at radius 1 is 1.40 bits per heavy atom. The van der Waals surface area contributed by atoms with E-state index in [9.17, 15) is 9.90 Å². The predicted molar refractivity (Wildman–Crippen MR) is 77.9 cm³/mol. The van der Waals surface area contributed by atoms with Crippen LogP contribution in [0.25, 0.3) is 10.4 Å². The molecule has 0 amide bonds. The SMILES string of the molecule is CC(C)(C)OC(=O)[C@H](N=[N+]=[N-])[C@@H](O)c1ccc(Br)cc1. The third-order valence-electron chi connectivity index (χ3n) is 2.33. The molecule has 0 radical (unpaired) electrons. The first-order chi connectivity index (χ1) is 9.24. The number of nitrogens with zero attached hydrogens (tertiary/aromatic N) is 3. The third-order valence-corrected chi connectivity index (χ3v) is 2.86. The number of carbonyl (C=O) groups excluding carboxylic acids is 1. The molecular formula is C13H16BrN3O3. The summed E-state index contributed by atoms with van der Waals surface area (Å²) < 4.78 is 5.98. The smallest absolute Gasteiger partial charge is 0.318 e. The number of esters is 1. The van der Waals surface area contributed by atoms with Gasteiger partial charge in [0.05, 0.1) is 6.10 Å². The molecule has 108 valence electrons. The number of halogens is 1. The van der Waals surface area contributed by atoms with Crippen molar-refractivity contribution in [3.05, 3.63) is 44.7 Å². The van der Waals surface area contributed by atoms with Crippen LogP contribution in [-0.4, -0.2) is 22.7 Å². The largest absolute Gasteiger partial charge is 0.460 e. The van der Waals surface area contributed by atoms with E-state index in [1.54, 1.807) is 45.0 Å². The first-order valence-corrected chi connectivity index (χ1v) is 6.74. The van der Waals surface area contributed by atoms with E-state index in [1.807, 2.05) is 0 Å². The lowest BCUT2D eigenvalue weighted by atomic mass is 10.0. The highest BCUT2D eigenvalue weighted by Crippen LogP contribution is 2.24. The average Bonchev–Trinajstić information content (AvgIpc) is 2.34. The summed E-state index contributed by atoms with van der Waals surface area (Å²) in [5.41, 5.74) is 8.30. The molecule has 1 N–H and O–H groups in total. The molecule has 0 aliphatic heterocycles. The predicted octanol–water partition coefficient (Wildman–Crippen LogP) is 3.50. The number of hydrogen-bond donors (Lipinski definition) is 1. The lowest BCUT2D eigenvalue weighted by Gasteiger charge is -2.24. The van der Waals surface area contributed by atoms with Crippen LogP contribution in [-0.2, 0) is 9.53 Å². The van der Waals surface area contributed by atoms with Crippen molar-refractivity contribution in [1.82, 2.24) is 0 Å². The Morgan fingerprint density at radius 3 is 2.40 bits per heavy atom. The van der Waals surface area contributed by atoms with Crippen molar-refractivity contribution in [2.75, 3.05) is 0 Å². The van der Waals surface area contributed by atoms with Gasteiger partial charge >= 0.3 is 5.97 Å². The molecule has 20 heavy (non-hydrogen) atoms. The molecular weight excluding hydrogens is 326 g/mol. The maximum absolute atomic E-state index is 12.0. The summed E-state index contributed by atoms with van der Waals surface area (Å²) in [5.74, 6) is -0.759.